The van der Waals surface area contributed by atoms with Gasteiger partial charge in [-0.15, -0.1) is 0 Å². The van der Waals surface area contributed by atoms with Crippen LogP contribution >= 0.6 is 0 Å². The van der Waals surface area contributed by atoms with Gasteiger partial charge in [0.25, 0.3) is 0 Å². The Hall–Kier alpha value is -0.580. The number of hydrogen-bond acceptors (Lipinski definition) is 4. The fourth-order valence-electron chi connectivity index (χ4n) is 2.46. The topological polar surface area (TPSA) is 80.3 Å². The SMILES string of the molecule is O=C([O-])C1C2C=CC(C2)C1C(=O)[O-].[Ag+2]. The molecule has 2 bridgehead atoms. The summed E-state index contributed by atoms with van der Waals surface area (Å²) < 4.78 is 0. The maximum Gasteiger partial charge on any atom is 2.00 e. The average Bonchev–Trinajstić information content (AvgIpc) is 2.60. The third-order valence-corrected chi connectivity index (χ3v) is 3.00. The molecule has 1 fully saturated rings. The van der Waals surface area contributed by atoms with E-state index in [0.717, 1.165) is 0 Å². The molecule has 0 aliphatic heterocycles. The summed E-state index contributed by atoms with van der Waals surface area (Å²) in [6, 6.07) is 0. The van der Waals surface area contributed by atoms with Crippen LogP contribution in [0.4, 0.5) is 0 Å². The number of carboxylic acids is 2. The summed E-state index contributed by atoms with van der Waals surface area (Å²) >= 11 is 0. The van der Waals surface area contributed by atoms with E-state index in [0.29, 0.717) is 6.42 Å². The monoisotopic (exact) mass is 287 g/mol. The normalized spacial score (nSPS) is 38.0. The first kappa shape index (κ1) is 11.5. The second-order valence-corrected chi connectivity index (χ2v) is 3.64. The van der Waals surface area contributed by atoms with Gasteiger partial charge in [-0.2, -0.15) is 0 Å². The minimum absolute atomic E-state index is 0. The average molecular weight is 288 g/mol. The number of rotatable bonds is 2. The molecule has 0 aromatic carbocycles. The number of carbonyl (C=O) groups excluding carboxylic acids is 2. The molecule has 2 aliphatic rings. The standard InChI is InChI=1S/C9H10O4.Ag/c10-8(11)6-4-1-2-5(3-4)7(6)9(12)13;/h1-2,4-7H,3H2,(H,10,11)(H,12,13);/q;+2/p-2. The van der Waals surface area contributed by atoms with Crippen molar-refractivity contribution in [2.45, 2.75) is 6.42 Å². The van der Waals surface area contributed by atoms with Gasteiger partial charge in [-0.05, 0) is 18.3 Å². The van der Waals surface area contributed by atoms with Gasteiger partial charge < -0.3 is 19.8 Å². The Morgan fingerprint density at radius 3 is 1.64 bits per heavy atom. The third kappa shape index (κ3) is 1.54. The van der Waals surface area contributed by atoms with Crippen molar-refractivity contribution in [2.75, 3.05) is 0 Å². The van der Waals surface area contributed by atoms with Crippen molar-refractivity contribution < 1.29 is 42.2 Å². The van der Waals surface area contributed by atoms with Crippen LogP contribution in [0.25, 0.3) is 0 Å². The Balaban J connectivity index is 0.000000980. The van der Waals surface area contributed by atoms with Crippen molar-refractivity contribution in [3.8, 4) is 0 Å². The quantitative estimate of drug-likeness (QED) is 0.431. The van der Waals surface area contributed by atoms with E-state index in [4.69, 9.17) is 0 Å². The molecule has 79 valence electrons. The minimum Gasteiger partial charge on any atom is -0.550 e. The van der Waals surface area contributed by atoms with Crippen LogP contribution in [0.5, 0.6) is 0 Å². The molecule has 4 unspecified atom stereocenters. The van der Waals surface area contributed by atoms with Gasteiger partial charge in [-0.25, -0.2) is 0 Å². The maximum atomic E-state index is 10.7. The van der Waals surface area contributed by atoms with Crippen LogP contribution in [-0.2, 0) is 32.0 Å². The summed E-state index contributed by atoms with van der Waals surface area (Å²) in [5, 5.41) is 21.3. The van der Waals surface area contributed by atoms with E-state index in [2.05, 4.69) is 0 Å². The van der Waals surface area contributed by atoms with Gasteiger partial charge in [-0.1, -0.05) is 12.2 Å². The largest absolute Gasteiger partial charge is 2.00 e. The zero-order valence-electron chi connectivity index (χ0n) is 7.11. The summed E-state index contributed by atoms with van der Waals surface area (Å²) in [6.07, 6.45) is 4.15. The Morgan fingerprint density at radius 1 is 1.00 bits per heavy atom. The van der Waals surface area contributed by atoms with Crippen LogP contribution in [0, 0.1) is 23.7 Å². The second-order valence-electron chi connectivity index (χ2n) is 3.64. The van der Waals surface area contributed by atoms with Crippen LogP contribution in [0.2, 0.25) is 0 Å². The first-order chi connectivity index (χ1) is 6.11. The van der Waals surface area contributed by atoms with Crippen LogP contribution < -0.4 is 10.2 Å². The number of carboxylic acid groups (broad SMARTS) is 2. The fraction of sp³-hybridized carbons (Fsp3) is 0.556. The minimum atomic E-state index is -1.27. The molecule has 5 heteroatoms. The molecule has 4 atom stereocenters. The van der Waals surface area contributed by atoms with Crippen molar-refractivity contribution in [1.29, 1.82) is 0 Å². The van der Waals surface area contributed by atoms with Crippen LogP contribution in [0.3, 0.4) is 0 Å². The molecule has 1 radical (unpaired) electrons. The van der Waals surface area contributed by atoms with Crippen LogP contribution in [-0.4, -0.2) is 11.9 Å². The van der Waals surface area contributed by atoms with E-state index < -0.39 is 23.8 Å². The molecule has 0 aromatic heterocycles. The van der Waals surface area contributed by atoms with Crippen molar-refractivity contribution in [2.24, 2.45) is 23.7 Å². The Morgan fingerprint density at radius 2 is 1.36 bits per heavy atom. The molecule has 2 rings (SSSR count). The van der Waals surface area contributed by atoms with Gasteiger partial charge >= 0.3 is 22.4 Å². The van der Waals surface area contributed by atoms with E-state index in [1.807, 2.05) is 0 Å². The number of aliphatic carboxylic acids is 2. The molecule has 0 aromatic rings. The molecule has 0 amide bonds. The summed E-state index contributed by atoms with van der Waals surface area (Å²) in [7, 11) is 0. The zero-order chi connectivity index (χ0) is 9.59. The first-order valence-corrected chi connectivity index (χ1v) is 4.21. The first-order valence-electron chi connectivity index (χ1n) is 4.21. The predicted octanol–water partition coefficient (Wildman–Crippen LogP) is -2.08. The summed E-state index contributed by atoms with van der Waals surface area (Å²) in [5.41, 5.74) is 0. The number of fused-ring (bicyclic) bond motifs is 2. The van der Waals surface area contributed by atoms with E-state index in [1.165, 1.54) is 0 Å². The van der Waals surface area contributed by atoms with Gasteiger partial charge in [0.2, 0.25) is 0 Å². The molecule has 0 heterocycles. The Bertz CT molecular complexity index is 271. The molecule has 0 saturated heterocycles. The molecular formula is C9H8AgO4. The van der Waals surface area contributed by atoms with Gasteiger partial charge in [0.1, 0.15) is 0 Å². The molecule has 0 spiro atoms. The Kier molecular flexibility index (Phi) is 3.19. The van der Waals surface area contributed by atoms with Gasteiger partial charge in [0.15, 0.2) is 0 Å². The predicted molar refractivity (Wildman–Crippen MR) is 37.7 cm³/mol. The van der Waals surface area contributed by atoms with Crippen molar-refractivity contribution in [3.05, 3.63) is 12.2 Å². The molecule has 4 nitrogen and oxygen atoms in total. The Labute approximate surface area is 96.5 Å². The van der Waals surface area contributed by atoms with E-state index in [9.17, 15) is 19.8 Å². The molecule has 1 saturated carbocycles. The van der Waals surface area contributed by atoms with E-state index >= 15 is 0 Å². The second kappa shape index (κ2) is 3.88. The van der Waals surface area contributed by atoms with Crippen LogP contribution in [0.15, 0.2) is 12.2 Å². The smallest absolute Gasteiger partial charge is 0.550 e. The van der Waals surface area contributed by atoms with E-state index in [1.54, 1.807) is 12.2 Å². The van der Waals surface area contributed by atoms with E-state index in [-0.39, 0.29) is 34.2 Å². The summed E-state index contributed by atoms with van der Waals surface area (Å²) in [6.45, 7) is 0. The molecule has 0 N–H and O–H groups in total. The van der Waals surface area contributed by atoms with Gasteiger partial charge in [-0.3, -0.25) is 0 Å². The summed E-state index contributed by atoms with van der Waals surface area (Å²) in [4.78, 5) is 21.3. The number of hydrogen-bond donors (Lipinski definition) is 0. The van der Waals surface area contributed by atoms with Crippen molar-refractivity contribution in [1.82, 2.24) is 0 Å². The molecular weight excluding hydrogens is 280 g/mol. The molecule has 14 heavy (non-hydrogen) atoms. The fourth-order valence-corrected chi connectivity index (χ4v) is 2.46. The van der Waals surface area contributed by atoms with Crippen molar-refractivity contribution in [3.63, 3.8) is 0 Å². The van der Waals surface area contributed by atoms with Crippen LogP contribution in [0.1, 0.15) is 6.42 Å². The molecule has 2 aliphatic carbocycles. The number of allylic oxidation sites excluding steroid dienone is 2. The zero-order valence-corrected chi connectivity index (χ0v) is 8.59. The third-order valence-electron chi connectivity index (χ3n) is 3.00. The van der Waals surface area contributed by atoms with Gasteiger partial charge in [0, 0.05) is 23.8 Å². The van der Waals surface area contributed by atoms with Gasteiger partial charge in [0.05, 0.1) is 0 Å². The summed E-state index contributed by atoms with van der Waals surface area (Å²) in [5.74, 6) is -4.66. The number of carbonyl (C=O) groups is 2. The maximum absolute atomic E-state index is 10.7. The van der Waals surface area contributed by atoms with Crippen molar-refractivity contribution >= 4 is 11.9 Å².